The minimum Gasteiger partial charge on any atom is -0.458 e. The Morgan fingerprint density at radius 3 is 2.06 bits per heavy atom. The molecule has 3 rings (SSSR count). The average Bonchev–Trinajstić information content (AvgIpc) is 3.28. The second kappa shape index (κ2) is 11.2. The van der Waals surface area contributed by atoms with Crippen LogP contribution < -0.4 is 21.4 Å². The Labute approximate surface area is 193 Å². The maximum Gasteiger partial charge on any atom is 0.329 e. The van der Waals surface area contributed by atoms with E-state index in [1.165, 1.54) is 18.2 Å². The molecule has 0 unspecified atom stereocenters. The van der Waals surface area contributed by atoms with Crippen molar-refractivity contribution in [1.29, 1.82) is 0 Å². The van der Waals surface area contributed by atoms with Crippen LogP contribution in [0.15, 0.2) is 70.2 Å². The molecular weight excluding hydrogens is 445 g/mol. The van der Waals surface area contributed by atoms with Crippen LogP contribution in [0.2, 0.25) is 0 Å². The fourth-order valence-electron chi connectivity index (χ4n) is 2.56. The van der Waals surface area contributed by atoms with Crippen LogP contribution in [0, 0.1) is 12.7 Å². The van der Waals surface area contributed by atoms with Crippen molar-refractivity contribution in [1.82, 2.24) is 10.7 Å². The van der Waals surface area contributed by atoms with Gasteiger partial charge in [0, 0.05) is 11.4 Å². The van der Waals surface area contributed by atoms with Crippen LogP contribution in [0.25, 0.3) is 0 Å². The van der Waals surface area contributed by atoms with E-state index in [1.54, 1.807) is 30.3 Å². The van der Waals surface area contributed by atoms with Gasteiger partial charge in [0.1, 0.15) is 17.3 Å². The predicted octanol–water partition coefficient (Wildman–Crippen LogP) is 2.07. The van der Waals surface area contributed by atoms with E-state index < -0.39 is 29.4 Å². The Morgan fingerprint density at radius 1 is 0.824 bits per heavy atom. The molecule has 0 fully saturated rings. The van der Waals surface area contributed by atoms with Crippen LogP contribution in [-0.2, 0) is 25.7 Å². The molecule has 3 aromatic rings. The Bertz CT molecular complexity index is 1220. The third-order valence-corrected chi connectivity index (χ3v) is 4.29. The van der Waals surface area contributed by atoms with Gasteiger partial charge < -0.3 is 20.4 Å². The summed E-state index contributed by atoms with van der Waals surface area (Å²) in [6.07, 6.45) is 1.15. The number of hydrogen-bond donors (Lipinski definition) is 4. The summed E-state index contributed by atoms with van der Waals surface area (Å²) in [5.74, 6) is -3.61. The zero-order chi connectivity index (χ0) is 24.5. The summed E-state index contributed by atoms with van der Waals surface area (Å²) in [5.41, 5.74) is 3.79. The number of nitrogens with one attached hydrogen (secondary N) is 4. The molecule has 2 aromatic carbocycles. The van der Waals surface area contributed by atoms with E-state index in [2.05, 4.69) is 21.1 Å². The lowest BCUT2D eigenvalue weighted by Gasteiger charge is -2.05. The summed E-state index contributed by atoms with van der Waals surface area (Å²) in [6, 6.07) is 14.9. The number of hydrogen-bond acceptors (Lipinski definition) is 6. The minimum atomic E-state index is -1.04. The third-order valence-electron chi connectivity index (χ3n) is 4.29. The third kappa shape index (κ3) is 7.12. The van der Waals surface area contributed by atoms with Gasteiger partial charge in [-0.05, 0) is 55.5 Å². The highest BCUT2D eigenvalue weighted by Crippen LogP contribution is 2.09. The molecule has 0 saturated carbocycles. The number of benzene rings is 2. The average molecular weight is 465 g/mol. The predicted molar refractivity (Wildman–Crippen MR) is 121 cm³/mol. The molecular formula is C23H20FN5O5. The summed E-state index contributed by atoms with van der Waals surface area (Å²) < 4.78 is 18.3. The number of carbonyl (C=O) groups is 4. The van der Waals surface area contributed by atoms with Gasteiger partial charge in [0.2, 0.25) is 0 Å². The fourth-order valence-corrected chi connectivity index (χ4v) is 2.56. The number of halogens is 1. The molecule has 0 radical (unpaired) electrons. The van der Waals surface area contributed by atoms with Gasteiger partial charge in [0.05, 0.1) is 12.8 Å². The van der Waals surface area contributed by atoms with Gasteiger partial charge in [-0.25, -0.2) is 9.82 Å². The van der Waals surface area contributed by atoms with E-state index in [0.717, 1.165) is 23.9 Å². The standard InChI is InChI=1S/C23H20FN5O5/c1-14-2-6-16(7-3-14)27-21(31)20(30)25-12-18-10-11-19(34-18)13-26-29-23(33)22(32)28-17-8-4-15(24)5-9-17/h2-11,13H,12H2,1H3,(H,25,30)(H,27,31)(H,28,32)(H,29,33)/b26-13+. The molecule has 0 bridgehead atoms. The number of anilines is 2. The highest BCUT2D eigenvalue weighted by Gasteiger charge is 2.15. The maximum absolute atomic E-state index is 12.9. The number of nitrogens with zero attached hydrogens (tertiary/aromatic N) is 1. The molecule has 34 heavy (non-hydrogen) atoms. The van der Waals surface area contributed by atoms with Crippen molar-refractivity contribution in [3.8, 4) is 0 Å². The summed E-state index contributed by atoms with van der Waals surface area (Å²) >= 11 is 0. The lowest BCUT2D eigenvalue weighted by molar-refractivity contribution is -0.136. The van der Waals surface area contributed by atoms with E-state index in [0.29, 0.717) is 11.4 Å². The van der Waals surface area contributed by atoms with Crippen molar-refractivity contribution in [2.45, 2.75) is 13.5 Å². The highest BCUT2D eigenvalue weighted by molar-refractivity contribution is 6.40. The minimum absolute atomic E-state index is 0.0551. The SMILES string of the molecule is Cc1ccc(NC(=O)C(=O)NCc2ccc(/C=N/NC(=O)C(=O)Nc3ccc(F)cc3)o2)cc1. The molecule has 1 heterocycles. The number of amides is 4. The zero-order valence-corrected chi connectivity index (χ0v) is 17.9. The molecule has 11 heteroatoms. The Morgan fingerprint density at radius 2 is 1.41 bits per heavy atom. The zero-order valence-electron chi connectivity index (χ0n) is 17.9. The van der Waals surface area contributed by atoms with Crippen molar-refractivity contribution >= 4 is 41.2 Å². The summed E-state index contributed by atoms with van der Waals surface area (Å²) in [6.45, 7) is 1.85. The van der Waals surface area contributed by atoms with Crippen molar-refractivity contribution in [3.63, 3.8) is 0 Å². The number of carbonyl (C=O) groups excluding carboxylic acids is 4. The van der Waals surface area contributed by atoms with Gasteiger partial charge in [0.15, 0.2) is 0 Å². The Balaban J connectivity index is 1.42. The number of furan rings is 1. The smallest absolute Gasteiger partial charge is 0.329 e. The molecule has 0 aliphatic carbocycles. The Kier molecular flexibility index (Phi) is 7.84. The quantitative estimate of drug-likeness (QED) is 0.251. The molecule has 0 aliphatic heterocycles. The van der Waals surface area contributed by atoms with Crippen molar-refractivity contribution in [3.05, 3.63) is 83.6 Å². The first kappa shape index (κ1) is 23.9. The Hall–Kier alpha value is -4.80. The first-order valence-corrected chi connectivity index (χ1v) is 9.94. The molecule has 0 saturated heterocycles. The molecule has 0 spiro atoms. The van der Waals surface area contributed by atoms with Crippen molar-refractivity contribution < 1.29 is 28.0 Å². The first-order chi connectivity index (χ1) is 16.3. The second-order valence-corrected chi connectivity index (χ2v) is 6.97. The van der Waals surface area contributed by atoms with Crippen LogP contribution >= 0.6 is 0 Å². The van der Waals surface area contributed by atoms with Gasteiger partial charge >= 0.3 is 23.6 Å². The molecule has 4 amide bonds. The van der Waals surface area contributed by atoms with Crippen molar-refractivity contribution in [2.75, 3.05) is 10.6 Å². The summed E-state index contributed by atoms with van der Waals surface area (Å²) in [5, 5.41) is 10.8. The maximum atomic E-state index is 12.9. The van der Waals surface area contributed by atoms with Crippen molar-refractivity contribution in [2.24, 2.45) is 5.10 Å². The molecule has 0 aliphatic rings. The number of aryl methyl sites for hydroxylation is 1. The summed E-state index contributed by atoms with van der Waals surface area (Å²) in [4.78, 5) is 47.5. The molecule has 10 nitrogen and oxygen atoms in total. The van der Waals surface area contributed by atoms with Crippen LogP contribution in [-0.4, -0.2) is 29.8 Å². The summed E-state index contributed by atoms with van der Waals surface area (Å²) in [7, 11) is 0. The van der Waals surface area contributed by atoms with E-state index in [4.69, 9.17) is 4.42 Å². The monoisotopic (exact) mass is 465 g/mol. The van der Waals surface area contributed by atoms with Gasteiger partial charge in [-0.3, -0.25) is 19.2 Å². The van der Waals surface area contributed by atoms with E-state index in [-0.39, 0.29) is 18.0 Å². The van der Waals surface area contributed by atoms with Crippen LogP contribution in [0.3, 0.4) is 0 Å². The number of rotatable bonds is 6. The van der Waals surface area contributed by atoms with Gasteiger partial charge in [-0.15, -0.1) is 0 Å². The van der Waals surface area contributed by atoms with Gasteiger partial charge in [-0.1, -0.05) is 17.7 Å². The van der Waals surface area contributed by atoms with E-state index in [1.807, 2.05) is 12.3 Å². The fraction of sp³-hybridized carbons (Fsp3) is 0.0870. The second-order valence-electron chi connectivity index (χ2n) is 6.97. The van der Waals surface area contributed by atoms with E-state index in [9.17, 15) is 23.6 Å². The molecule has 4 N–H and O–H groups in total. The van der Waals surface area contributed by atoms with Gasteiger partial charge in [-0.2, -0.15) is 5.10 Å². The van der Waals surface area contributed by atoms with Gasteiger partial charge in [0.25, 0.3) is 0 Å². The largest absolute Gasteiger partial charge is 0.458 e. The first-order valence-electron chi connectivity index (χ1n) is 9.94. The topological polar surface area (TPSA) is 142 Å². The molecule has 174 valence electrons. The lowest BCUT2D eigenvalue weighted by atomic mass is 10.2. The van der Waals surface area contributed by atoms with Crippen LogP contribution in [0.1, 0.15) is 17.1 Å². The van der Waals surface area contributed by atoms with Crippen LogP contribution in [0.5, 0.6) is 0 Å². The highest BCUT2D eigenvalue weighted by atomic mass is 19.1. The van der Waals surface area contributed by atoms with E-state index >= 15 is 0 Å². The molecule has 1 aromatic heterocycles. The van der Waals surface area contributed by atoms with Crippen LogP contribution in [0.4, 0.5) is 15.8 Å². The normalized spacial score (nSPS) is 10.5. The molecule has 0 atom stereocenters. The number of hydrazone groups is 1. The lowest BCUT2D eigenvalue weighted by Crippen LogP contribution is -2.34.